The number of nitrogens with zero attached hydrogens (tertiary/aromatic N) is 3. The van der Waals surface area contributed by atoms with E-state index in [9.17, 15) is 0 Å². The molecule has 0 radical (unpaired) electrons. The van der Waals surface area contributed by atoms with E-state index in [-0.39, 0.29) is 6.04 Å². The van der Waals surface area contributed by atoms with Gasteiger partial charge in [0.05, 0.1) is 10.7 Å². The summed E-state index contributed by atoms with van der Waals surface area (Å²) in [4.78, 5) is 4.28. The van der Waals surface area contributed by atoms with Crippen molar-refractivity contribution in [3.05, 3.63) is 21.9 Å². The Balaban J connectivity index is 2.74. The highest BCUT2D eigenvalue weighted by Crippen LogP contribution is 2.25. The molecule has 0 N–H and O–H groups in total. The maximum Gasteiger partial charge on any atom is 0.159 e. The highest BCUT2D eigenvalue weighted by Gasteiger charge is 2.09. The molecule has 0 amide bonds. The molecular weight excluding hydrogens is 265 g/mol. The number of pyridine rings is 1. The van der Waals surface area contributed by atoms with Crippen molar-refractivity contribution in [2.24, 2.45) is 0 Å². The second-order valence-electron chi connectivity index (χ2n) is 3.36. The average Bonchev–Trinajstić information content (AvgIpc) is 2.48. The van der Waals surface area contributed by atoms with Crippen molar-refractivity contribution in [1.82, 2.24) is 14.8 Å². The summed E-state index contributed by atoms with van der Waals surface area (Å²) in [6, 6.07) is 2.22. The lowest BCUT2D eigenvalue weighted by Crippen LogP contribution is -2.03. The Bertz CT molecular complexity index is 478. The summed E-state index contributed by atoms with van der Waals surface area (Å²) >= 11 is 9.25. The van der Waals surface area contributed by atoms with Crippen molar-refractivity contribution < 1.29 is 0 Å². The highest BCUT2D eigenvalue weighted by atomic mass is 79.9. The van der Waals surface area contributed by atoms with Gasteiger partial charge in [0.1, 0.15) is 5.15 Å². The van der Waals surface area contributed by atoms with Gasteiger partial charge in [-0.2, -0.15) is 5.10 Å². The fourth-order valence-corrected chi connectivity index (χ4v) is 1.78. The minimum atomic E-state index is 0.289. The smallest absolute Gasteiger partial charge is 0.159 e. The van der Waals surface area contributed by atoms with Crippen LogP contribution >= 0.6 is 27.5 Å². The van der Waals surface area contributed by atoms with Gasteiger partial charge in [-0.25, -0.2) is 9.67 Å². The standard InChI is InChI=1S/C9H9BrClN3/c1-5(2)14-9-6(4-12-14)3-7(10)8(11)13-9/h3-5H,1-2H3. The molecule has 0 saturated heterocycles. The fraction of sp³-hybridized carbons (Fsp3) is 0.333. The Morgan fingerprint density at radius 2 is 2.21 bits per heavy atom. The maximum absolute atomic E-state index is 5.92. The first-order chi connectivity index (χ1) is 6.59. The molecule has 0 aliphatic rings. The number of fused-ring (bicyclic) bond motifs is 1. The van der Waals surface area contributed by atoms with Gasteiger partial charge >= 0.3 is 0 Å². The summed E-state index contributed by atoms with van der Waals surface area (Å²) in [6.45, 7) is 4.12. The molecule has 0 aliphatic heterocycles. The van der Waals surface area contributed by atoms with Crippen LogP contribution < -0.4 is 0 Å². The maximum atomic E-state index is 5.92. The van der Waals surface area contributed by atoms with Crippen LogP contribution in [0.3, 0.4) is 0 Å². The van der Waals surface area contributed by atoms with Gasteiger partial charge in [0.2, 0.25) is 0 Å². The van der Waals surface area contributed by atoms with Gasteiger partial charge in [0, 0.05) is 11.4 Å². The Hall–Kier alpha value is -0.610. The summed E-state index contributed by atoms with van der Waals surface area (Å²) in [5.74, 6) is 0. The lowest BCUT2D eigenvalue weighted by atomic mass is 10.3. The van der Waals surface area contributed by atoms with Gasteiger partial charge in [0.25, 0.3) is 0 Å². The second-order valence-corrected chi connectivity index (χ2v) is 4.57. The lowest BCUT2D eigenvalue weighted by Gasteiger charge is -2.06. The van der Waals surface area contributed by atoms with Crippen LogP contribution in [0, 0.1) is 0 Å². The molecule has 3 nitrogen and oxygen atoms in total. The zero-order valence-electron chi connectivity index (χ0n) is 7.83. The van der Waals surface area contributed by atoms with Crippen LogP contribution in [0.1, 0.15) is 19.9 Å². The summed E-state index contributed by atoms with van der Waals surface area (Å²) in [6.07, 6.45) is 1.80. The first-order valence-electron chi connectivity index (χ1n) is 4.29. The molecule has 0 fully saturated rings. The Kier molecular flexibility index (Phi) is 2.49. The molecule has 5 heteroatoms. The number of rotatable bonds is 1. The molecule has 74 valence electrons. The molecule has 0 saturated carbocycles. The molecule has 2 rings (SSSR count). The zero-order valence-corrected chi connectivity index (χ0v) is 10.2. The third-order valence-electron chi connectivity index (χ3n) is 1.97. The molecule has 2 aromatic heterocycles. The van der Waals surface area contributed by atoms with E-state index in [4.69, 9.17) is 11.6 Å². The molecule has 14 heavy (non-hydrogen) atoms. The summed E-state index contributed by atoms with van der Waals surface area (Å²) < 4.78 is 2.66. The minimum absolute atomic E-state index is 0.289. The van der Waals surface area contributed by atoms with E-state index in [1.807, 2.05) is 10.7 Å². The monoisotopic (exact) mass is 273 g/mol. The Morgan fingerprint density at radius 1 is 1.50 bits per heavy atom. The number of hydrogen-bond acceptors (Lipinski definition) is 2. The van der Waals surface area contributed by atoms with E-state index in [0.29, 0.717) is 5.15 Å². The van der Waals surface area contributed by atoms with E-state index in [1.54, 1.807) is 6.20 Å². The topological polar surface area (TPSA) is 30.7 Å². The first kappa shape index (κ1) is 9.93. The first-order valence-corrected chi connectivity index (χ1v) is 5.46. The number of halogens is 2. The van der Waals surface area contributed by atoms with Crippen LogP contribution in [-0.4, -0.2) is 14.8 Å². The highest BCUT2D eigenvalue weighted by molar-refractivity contribution is 9.10. The number of aromatic nitrogens is 3. The van der Waals surface area contributed by atoms with Crippen LogP contribution in [0.4, 0.5) is 0 Å². The number of hydrogen-bond donors (Lipinski definition) is 0. The molecule has 0 atom stereocenters. The third kappa shape index (κ3) is 1.53. The van der Waals surface area contributed by atoms with E-state index in [0.717, 1.165) is 15.5 Å². The summed E-state index contributed by atoms with van der Waals surface area (Å²) in [5, 5.41) is 5.72. The van der Waals surface area contributed by atoms with Gasteiger partial charge in [-0.05, 0) is 35.8 Å². The minimum Gasteiger partial charge on any atom is -0.245 e. The van der Waals surface area contributed by atoms with Crippen molar-refractivity contribution in [3.8, 4) is 0 Å². The van der Waals surface area contributed by atoms with Crippen molar-refractivity contribution in [2.75, 3.05) is 0 Å². The third-order valence-corrected chi connectivity index (χ3v) is 3.09. The van der Waals surface area contributed by atoms with Crippen LogP contribution in [0.15, 0.2) is 16.7 Å². The van der Waals surface area contributed by atoms with E-state index in [2.05, 4.69) is 39.9 Å². The van der Waals surface area contributed by atoms with Crippen LogP contribution in [0.2, 0.25) is 5.15 Å². The van der Waals surface area contributed by atoms with Crippen LogP contribution in [-0.2, 0) is 0 Å². The average molecular weight is 275 g/mol. The normalized spacial score (nSPS) is 11.5. The van der Waals surface area contributed by atoms with Gasteiger partial charge in [-0.15, -0.1) is 0 Å². The predicted molar refractivity (Wildman–Crippen MR) is 60.6 cm³/mol. The quantitative estimate of drug-likeness (QED) is 0.746. The zero-order chi connectivity index (χ0) is 10.3. The molecule has 0 unspecified atom stereocenters. The van der Waals surface area contributed by atoms with Crippen molar-refractivity contribution >= 4 is 38.6 Å². The molecule has 2 aromatic rings. The Morgan fingerprint density at radius 3 is 2.86 bits per heavy atom. The van der Waals surface area contributed by atoms with Crippen molar-refractivity contribution in [1.29, 1.82) is 0 Å². The van der Waals surface area contributed by atoms with E-state index in [1.165, 1.54) is 0 Å². The van der Waals surface area contributed by atoms with E-state index >= 15 is 0 Å². The van der Waals surface area contributed by atoms with E-state index < -0.39 is 0 Å². The molecule has 0 spiro atoms. The SMILES string of the molecule is CC(C)n1ncc2cc(Br)c(Cl)nc21. The largest absolute Gasteiger partial charge is 0.245 e. The lowest BCUT2D eigenvalue weighted by molar-refractivity contribution is 0.546. The van der Waals surface area contributed by atoms with Crippen molar-refractivity contribution in [3.63, 3.8) is 0 Å². The molecule has 0 aromatic carbocycles. The Labute approximate surface area is 95.2 Å². The van der Waals surface area contributed by atoms with Gasteiger partial charge < -0.3 is 0 Å². The molecular formula is C9H9BrClN3. The van der Waals surface area contributed by atoms with Crippen LogP contribution in [0.5, 0.6) is 0 Å². The molecule has 0 aliphatic carbocycles. The second kappa shape index (κ2) is 3.51. The predicted octanol–water partition coefficient (Wildman–Crippen LogP) is 3.43. The van der Waals surface area contributed by atoms with Crippen LogP contribution in [0.25, 0.3) is 11.0 Å². The van der Waals surface area contributed by atoms with Gasteiger partial charge in [0.15, 0.2) is 5.65 Å². The molecule has 2 heterocycles. The molecule has 0 bridgehead atoms. The van der Waals surface area contributed by atoms with Crippen molar-refractivity contribution in [2.45, 2.75) is 19.9 Å². The summed E-state index contributed by atoms with van der Waals surface area (Å²) in [7, 11) is 0. The fourth-order valence-electron chi connectivity index (χ4n) is 1.31. The van der Waals surface area contributed by atoms with Gasteiger partial charge in [-0.1, -0.05) is 11.6 Å². The summed E-state index contributed by atoms with van der Waals surface area (Å²) in [5.41, 5.74) is 0.827. The van der Waals surface area contributed by atoms with Gasteiger partial charge in [-0.3, -0.25) is 0 Å².